The Kier molecular flexibility index (Phi) is 10.9. The van der Waals surface area contributed by atoms with Crippen LogP contribution in [0.25, 0.3) is 23.3 Å². The molecule has 1 heterocycles. The van der Waals surface area contributed by atoms with Gasteiger partial charge < -0.3 is 9.31 Å². The Balaban J connectivity index is 0.000000146. The second-order valence-corrected chi connectivity index (χ2v) is 15.1. The quantitative estimate of drug-likeness (QED) is 0.115. The van der Waals surface area contributed by atoms with E-state index in [1.165, 1.54) is 28.8 Å². The van der Waals surface area contributed by atoms with Crippen LogP contribution in [0.2, 0.25) is 0 Å². The molecule has 1 saturated heterocycles. The van der Waals surface area contributed by atoms with Crippen molar-refractivity contribution >= 4 is 83.9 Å². The van der Waals surface area contributed by atoms with Gasteiger partial charge in [0.2, 0.25) is 0 Å². The zero-order chi connectivity index (χ0) is 34.8. The van der Waals surface area contributed by atoms with E-state index in [9.17, 15) is 20.2 Å². The smallest absolute Gasteiger partial charge is 0.399 e. The number of fused-ring (bicyclic) bond motifs is 2. The number of nitro benzene ring substituents is 2. The van der Waals surface area contributed by atoms with E-state index in [-0.39, 0.29) is 34.6 Å². The fraction of sp³-hybridized carbons (Fsp3) is 0.222. The van der Waals surface area contributed by atoms with Gasteiger partial charge in [0.15, 0.2) is 0 Å². The molecule has 4 aromatic carbocycles. The van der Waals surface area contributed by atoms with Crippen molar-refractivity contribution in [2.75, 3.05) is 0 Å². The van der Waals surface area contributed by atoms with Crippen LogP contribution in [0.3, 0.4) is 0 Å². The van der Waals surface area contributed by atoms with Crippen molar-refractivity contribution in [1.82, 2.24) is 0 Å². The molecule has 0 bridgehead atoms. The number of benzene rings is 4. The second-order valence-electron chi connectivity index (χ2n) is 12.4. The lowest BCUT2D eigenvalue weighted by molar-refractivity contribution is -0.385. The summed E-state index contributed by atoms with van der Waals surface area (Å²) in [6, 6.07) is 22.1. The Hall–Kier alpha value is -3.42. The van der Waals surface area contributed by atoms with Crippen LogP contribution in [0.5, 0.6) is 0 Å². The summed E-state index contributed by atoms with van der Waals surface area (Å²) in [4.78, 5) is 20.7. The van der Waals surface area contributed by atoms with Gasteiger partial charge in [0.05, 0.1) is 31.1 Å². The predicted molar refractivity (Wildman–Crippen MR) is 202 cm³/mol. The van der Waals surface area contributed by atoms with Gasteiger partial charge in [-0.05, 0) is 114 Å². The number of rotatable bonds is 4. The minimum atomic E-state index is -0.434. The molecule has 0 unspecified atom stereocenters. The van der Waals surface area contributed by atoms with Gasteiger partial charge >= 0.3 is 7.12 Å². The van der Waals surface area contributed by atoms with Gasteiger partial charge in [-0.2, -0.15) is 0 Å². The standard InChI is InChI=1S/C15H19BO2.C15H10BrNO2.C6H3Br2NO2/c1-14(2)15(3,4)18-16(17-14)13-10-6-8-11-7-5-9-12(11)13;16-11-7-8-15(17(18)19)14(9-11)13-6-2-4-10-3-1-5-12(10)13;7-4-1-2-6(9(10)11)5(8)3-4/h5-6,8-10H,7H2,1-4H3;1-2,4-9H,3H2;1-3H. The van der Waals surface area contributed by atoms with E-state index in [1.807, 2.05) is 18.2 Å². The summed E-state index contributed by atoms with van der Waals surface area (Å²) in [5, 5.41) is 21.5. The van der Waals surface area contributed by atoms with Crippen molar-refractivity contribution in [3.63, 3.8) is 0 Å². The summed E-state index contributed by atoms with van der Waals surface area (Å²) >= 11 is 9.65. The van der Waals surface area contributed by atoms with Crippen LogP contribution in [0, 0.1) is 20.2 Å². The largest absolute Gasteiger partial charge is 0.495 e. The summed E-state index contributed by atoms with van der Waals surface area (Å²) in [6.45, 7) is 8.36. The Bertz CT molecular complexity index is 1940. The van der Waals surface area contributed by atoms with Gasteiger partial charge in [-0.1, -0.05) is 92.6 Å². The van der Waals surface area contributed by atoms with Gasteiger partial charge in [-0.15, -0.1) is 0 Å². The average molecular weight is 839 g/mol. The molecular weight excluding hydrogens is 807 g/mol. The first-order valence-corrected chi connectivity index (χ1v) is 17.5. The topological polar surface area (TPSA) is 105 Å². The first-order chi connectivity index (χ1) is 22.7. The Morgan fingerprint density at radius 1 is 0.667 bits per heavy atom. The van der Waals surface area contributed by atoms with E-state index >= 15 is 0 Å². The molecule has 246 valence electrons. The summed E-state index contributed by atoms with van der Waals surface area (Å²) in [7, 11) is -0.257. The van der Waals surface area contributed by atoms with Gasteiger partial charge in [-0.3, -0.25) is 20.2 Å². The fourth-order valence-electron chi connectivity index (χ4n) is 5.53. The highest BCUT2D eigenvalue weighted by Crippen LogP contribution is 2.39. The minimum Gasteiger partial charge on any atom is -0.399 e. The molecule has 2 aliphatic carbocycles. The molecule has 0 N–H and O–H groups in total. The number of allylic oxidation sites excluding steroid dienone is 2. The molecule has 0 saturated carbocycles. The summed E-state index contributed by atoms with van der Waals surface area (Å²) < 4.78 is 14.4. The van der Waals surface area contributed by atoms with E-state index < -0.39 is 4.92 Å². The van der Waals surface area contributed by atoms with Crippen molar-refractivity contribution in [2.45, 2.75) is 51.7 Å². The molecule has 0 aromatic heterocycles. The summed E-state index contributed by atoms with van der Waals surface area (Å²) in [6.07, 6.45) is 10.4. The van der Waals surface area contributed by atoms with E-state index in [0.29, 0.717) is 10.0 Å². The molecular formula is C36H32BBr3N2O6. The molecule has 1 fully saturated rings. The lowest BCUT2D eigenvalue weighted by Crippen LogP contribution is -2.41. The maximum absolute atomic E-state index is 11.2. The van der Waals surface area contributed by atoms with Crippen LogP contribution in [-0.4, -0.2) is 28.2 Å². The maximum Gasteiger partial charge on any atom is 0.495 e. The lowest BCUT2D eigenvalue weighted by Gasteiger charge is -2.32. The minimum absolute atomic E-state index is 0.0770. The van der Waals surface area contributed by atoms with Crippen LogP contribution in [0.15, 0.2) is 98.4 Å². The second kappa shape index (κ2) is 14.6. The highest BCUT2D eigenvalue weighted by atomic mass is 79.9. The molecule has 3 aliphatic rings. The van der Waals surface area contributed by atoms with Gasteiger partial charge in [0.25, 0.3) is 11.4 Å². The van der Waals surface area contributed by atoms with Crippen LogP contribution in [-0.2, 0) is 22.2 Å². The number of nitro groups is 2. The predicted octanol–water partition coefficient (Wildman–Crippen LogP) is 10.3. The van der Waals surface area contributed by atoms with E-state index in [2.05, 4.69) is 118 Å². The molecule has 0 radical (unpaired) electrons. The molecule has 8 nitrogen and oxygen atoms in total. The van der Waals surface area contributed by atoms with Crippen LogP contribution in [0.1, 0.15) is 49.9 Å². The number of halogens is 3. The number of hydrogen-bond donors (Lipinski definition) is 0. The van der Waals surface area contributed by atoms with Crippen LogP contribution >= 0.6 is 47.8 Å². The van der Waals surface area contributed by atoms with Gasteiger partial charge in [0.1, 0.15) is 0 Å². The van der Waals surface area contributed by atoms with Gasteiger partial charge in [-0.25, -0.2) is 0 Å². The molecule has 0 spiro atoms. The van der Waals surface area contributed by atoms with Crippen molar-refractivity contribution in [3.05, 3.63) is 141 Å². The third-order valence-electron chi connectivity index (χ3n) is 8.73. The zero-order valence-electron chi connectivity index (χ0n) is 26.7. The third kappa shape index (κ3) is 7.73. The van der Waals surface area contributed by atoms with Crippen molar-refractivity contribution in [1.29, 1.82) is 0 Å². The van der Waals surface area contributed by atoms with Crippen molar-refractivity contribution < 1.29 is 19.2 Å². The van der Waals surface area contributed by atoms with Crippen LogP contribution in [0.4, 0.5) is 11.4 Å². The van der Waals surface area contributed by atoms with Crippen molar-refractivity contribution in [2.24, 2.45) is 0 Å². The first-order valence-electron chi connectivity index (χ1n) is 15.1. The lowest BCUT2D eigenvalue weighted by atomic mass is 9.75. The van der Waals surface area contributed by atoms with E-state index in [0.717, 1.165) is 38.4 Å². The fourth-order valence-corrected chi connectivity index (χ4v) is 7.09. The highest BCUT2D eigenvalue weighted by molar-refractivity contribution is 9.11. The maximum atomic E-state index is 11.2. The van der Waals surface area contributed by atoms with Crippen LogP contribution < -0.4 is 5.46 Å². The molecule has 12 heteroatoms. The highest BCUT2D eigenvalue weighted by Gasteiger charge is 2.52. The normalized spacial score (nSPS) is 15.9. The molecule has 0 amide bonds. The SMILES string of the molecule is CC1(C)OB(c2cccc3c2C=CC3)OC1(C)C.O=[N+]([O-])c1ccc(Br)cc1-c1cccc2c1C=CC2.O=[N+]([O-])c1ccc(Br)cc1Br. The van der Waals surface area contributed by atoms with E-state index in [1.54, 1.807) is 24.3 Å². The zero-order valence-corrected chi connectivity index (χ0v) is 31.5. The molecule has 48 heavy (non-hydrogen) atoms. The Labute approximate surface area is 305 Å². The van der Waals surface area contributed by atoms with Crippen molar-refractivity contribution in [3.8, 4) is 11.1 Å². The molecule has 4 aromatic rings. The Morgan fingerprint density at radius 2 is 1.19 bits per heavy atom. The molecule has 7 rings (SSSR count). The van der Waals surface area contributed by atoms with E-state index in [4.69, 9.17) is 9.31 Å². The van der Waals surface area contributed by atoms with Gasteiger partial charge in [0, 0.05) is 21.1 Å². The molecule has 1 aliphatic heterocycles. The monoisotopic (exact) mass is 836 g/mol. The molecule has 0 atom stereocenters. The first kappa shape index (κ1) is 35.9. The summed E-state index contributed by atoms with van der Waals surface area (Å²) in [5.41, 5.74) is 7.33. The summed E-state index contributed by atoms with van der Waals surface area (Å²) in [5.74, 6) is 0. The number of nitrogens with zero attached hydrogens (tertiary/aromatic N) is 2. The number of hydrogen-bond acceptors (Lipinski definition) is 6. The average Bonchev–Trinajstić information content (AvgIpc) is 3.75. The Morgan fingerprint density at radius 3 is 1.77 bits per heavy atom. The third-order valence-corrected chi connectivity index (χ3v) is 10.4.